The first-order valence-corrected chi connectivity index (χ1v) is 9.06. The molecule has 0 unspecified atom stereocenters. The molecular weight excluding hydrogens is 344 g/mol. The highest BCUT2D eigenvalue weighted by Crippen LogP contribution is 2.23. The molecule has 2 aromatic carbocycles. The van der Waals surface area contributed by atoms with Gasteiger partial charge in [-0.05, 0) is 35.0 Å². The molecule has 7 heteroatoms. The SMILES string of the molecule is O=C(Nc1ccn(CCN2CCOCC2)n1)c1cccc2cc(O)ccc12. The Morgan fingerprint density at radius 1 is 1.15 bits per heavy atom. The zero-order chi connectivity index (χ0) is 18.6. The number of nitrogens with one attached hydrogen (secondary N) is 1. The molecule has 1 saturated heterocycles. The minimum Gasteiger partial charge on any atom is -0.508 e. The molecule has 1 aliphatic rings. The van der Waals surface area contributed by atoms with Crippen LogP contribution in [0.4, 0.5) is 5.82 Å². The van der Waals surface area contributed by atoms with Crippen LogP contribution in [0.5, 0.6) is 5.75 Å². The number of hydrogen-bond donors (Lipinski definition) is 2. The highest BCUT2D eigenvalue weighted by atomic mass is 16.5. The van der Waals surface area contributed by atoms with E-state index in [0.29, 0.717) is 11.4 Å². The Morgan fingerprint density at radius 3 is 2.85 bits per heavy atom. The molecule has 1 aromatic heterocycles. The summed E-state index contributed by atoms with van der Waals surface area (Å²) < 4.78 is 7.19. The second-order valence-electron chi connectivity index (χ2n) is 6.58. The number of fused-ring (bicyclic) bond motifs is 1. The number of morpholine rings is 1. The maximum atomic E-state index is 12.7. The fourth-order valence-electron chi connectivity index (χ4n) is 3.27. The lowest BCUT2D eigenvalue weighted by molar-refractivity contribution is 0.0360. The van der Waals surface area contributed by atoms with E-state index in [1.54, 1.807) is 36.4 Å². The second-order valence-corrected chi connectivity index (χ2v) is 6.58. The highest BCUT2D eigenvalue weighted by molar-refractivity contribution is 6.12. The maximum Gasteiger partial charge on any atom is 0.257 e. The van der Waals surface area contributed by atoms with Gasteiger partial charge >= 0.3 is 0 Å². The molecular formula is C20H22N4O3. The van der Waals surface area contributed by atoms with Gasteiger partial charge in [0.2, 0.25) is 0 Å². The van der Waals surface area contributed by atoms with Crippen LogP contribution in [0.2, 0.25) is 0 Å². The van der Waals surface area contributed by atoms with Crippen molar-refractivity contribution in [2.24, 2.45) is 0 Å². The Labute approximate surface area is 157 Å². The fourth-order valence-corrected chi connectivity index (χ4v) is 3.27. The molecule has 0 radical (unpaired) electrons. The third-order valence-corrected chi connectivity index (χ3v) is 4.74. The Balaban J connectivity index is 1.42. The zero-order valence-electron chi connectivity index (χ0n) is 15.0. The van der Waals surface area contributed by atoms with E-state index < -0.39 is 0 Å². The lowest BCUT2D eigenvalue weighted by Crippen LogP contribution is -2.38. The van der Waals surface area contributed by atoms with Gasteiger partial charge in [-0.1, -0.05) is 12.1 Å². The number of aromatic hydroxyl groups is 1. The number of phenols is 1. The Morgan fingerprint density at radius 2 is 2.00 bits per heavy atom. The van der Waals surface area contributed by atoms with E-state index in [1.165, 1.54) is 0 Å². The molecule has 1 fully saturated rings. The molecule has 27 heavy (non-hydrogen) atoms. The van der Waals surface area contributed by atoms with Crippen molar-refractivity contribution >= 4 is 22.5 Å². The lowest BCUT2D eigenvalue weighted by atomic mass is 10.0. The summed E-state index contributed by atoms with van der Waals surface area (Å²) in [5.41, 5.74) is 0.551. The average molecular weight is 366 g/mol. The predicted molar refractivity (Wildman–Crippen MR) is 103 cm³/mol. The van der Waals surface area contributed by atoms with Crippen LogP contribution in [-0.4, -0.2) is 58.5 Å². The molecule has 3 aromatic rings. The van der Waals surface area contributed by atoms with Crippen molar-refractivity contribution in [2.75, 3.05) is 38.2 Å². The van der Waals surface area contributed by atoms with Crippen LogP contribution < -0.4 is 5.32 Å². The number of carbonyl (C=O) groups is 1. The number of aromatic nitrogens is 2. The van der Waals surface area contributed by atoms with Crippen molar-refractivity contribution in [1.82, 2.24) is 14.7 Å². The molecule has 2 heterocycles. The van der Waals surface area contributed by atoms with Crippen LogP contribution in [0.3, 0.4) is 0 Å². The number of ether oxygens (including phenoxy) is 1. The summed E-state index contributed by atoms with van der Waals surface area (Å²) in [5, 5.41) is 18.5. The summed E-state index contributed by atoms with van der Waals surface area (Å²) >= 11 is 0. The number of benzene rings is 2. The lowest BCUT2D eigenvalue weighted by Gasteiger charge is -2.26. The maximum absolute atomic E-state index is 12.7. The normalized spacial score (nSPS) is 15.1. The van der Waals surface area contributed by atoms with Gasteiger partial charge in [-0.2, -0.15) is 5.10 Å². The number of amides is 1. The molecule has 1 aliphatic heterocycles. The van der Waals surface area contributed by atoms with E-state index in [1.807, 2.05) is 16.9 Å². The quantitative estimate of drug-likeness (QED) is 0.724. The number of anilines is 1. The highest BCUT2D eigenvalue weighted by Gasteiger charge is 2.13. The Bertz CT molecular complexity index is 947. The van der Waals surface area contributed by atoms with E-state index in [4.69, 9.17) is 4.74 Å². The van der Waals surface area contributed by atoms with Crippen LogP contribution in [-0.2, 0) is 11.3 Å². The van der Waals surface area contributed by atoms with Crippen LogP contribution in [0.25, 0.3) is 10.8 Å². The van der Waals surface area contributed by atoms with E-state index in [2.05, 4.69) is 15.3 Å². The van der Waals surface area contributed by atoms with Crippen molar-refractivity contribution in [3.05, 3.63) is 54.2 Å². The molecule has 0 aliphatic carbocycles. The topological polar surface area (TPSA) is 79.6 Å². The monoisotopic (exact) mass is 366 g/mol. The summed E-state index contributed by atoms with van der Waals surface area (Å²) in [6.07, 6.45) is 1.87. The van der Waals surface area contributed by atoms with E-state index in [9.17, 15) is 9.90 Å². The first kappa shape index (κ1) is 17.5. The van der Waals surface area contributed by atoms with Gasteiger partial charge in [0.25, 0.3) is 5.91 Å². The van der Waals surface area contributed by atoms with Crippen molar-refractivity contribution in [3.63, 3.8) is 0 Å². The Kier molecular flexibility index (Phi) is 5.04. The van der Waals surface area contributed by atoms with Crippen LogP contribution in [0.15, 0.2) is 48.7 Å². The number of rotatable bonds is 5. The predicted octanol–water partition coefficient (Wildman–Crippen LogP) is 2.33. The zero-order valence-corrected chi connectivity index (χ0v) is 15.0. The summed E-state index contributed by atoms with van der Waals surface area (Å²) in [5.74, 6) is 0.488. The average Bonchev–Trinajstić information content (AvgIpc) is 3.13. The van der Waals surface area contributed by atoms with Gasteiger partial charge in [0.15, 0.2) is 5.82 Å². The number of hydrogen-bond acceptors (Lipinski definition) is 5. The van der Waals surface area contributed by atoms with Gasteiger partial charge in [0.1, 0.15) is 5.75 Å². The summed E-state index contributed by atoms with van der Waals surface area (Å²) in [4.78, 5) is 15.0. The number of carbonyl (C=O) groups excluding carboxylic acids is 1. The van der Waals surface area contributed by atoms with Gasteiger partial charge in [0, 0.05) is 37.5 Å². The van der Waals surface area contributed by atoms with Gasteiger partial charge in [-0.25, -0.2) is 0 Å². The number of phenolic OH excluding ortho intramolecular Hbond substituents is 1. The second kappa shape index (κ2) is 7.77. The molecule has 140 valence electrons. The smallest absolute Gasteiger partial charge is 0.257 e. The van der Waals surface area contributed by atoms with E-state index >= 15 is 0 Å². The Hall–Kier alpha value is -2.90. The molecule has 0 saturated carbocycles. The molecule has 2 N–H and O–H groups in total. The third-order valence-electron chi connectivity index (χ3n) is 4.74. The molecule has 0 atom stereocenters. The van der Waals surface area contributed by atoms with Gasteiger partial charge in [0.05, 0.1) is 19.8 Å². The van der Waals surface area contributed by atoms with Gasteiger partial charge in [-0.3, -0.25) is 14.4 Å². The largest absolute Gasteiger partial charge is 0.508 e. The molecule has 4 rings (SSSR count). The summed E-state index contributed by atoms with van der Waals surface area (Å²) in [6.45, 7) is 5.13. The summed E-state index contributed by atoms with van der Waals surface area (Å²) in [6, 6.07) is 12.2. The minimum atomic E-state index is -0.218. The molecule has 1 amide bonds. The minimum absolute atomic E-state index is 0.180. The van der Waals surface area contributed by atoms with Crippen molar-refractivity contribution < 1.29 is 14.6 Å². The molecule has 0 bridgehead atoms. The fraction of sp³-hybridized carbons (Fsp3) is 0.300. The van der Waals surface area contributed by atoms with Gasteiger partial charge < -0.3 is 15.2 Å². The first-order valence-electron chi connectivity index (χ1n) is 9.06. The molecule has 0 spiro atoms. The number of nitrogens with zero attached hydrogens (tertiary/aromatic N) is 3. The van der Waals surface area contributed by atoms with Crippen LogP contribution in [0.1, 0.15) is 10.4 Å². The van der Waals surface area contributed by atoms with E-state index in [-0.39, 0.29) is 11.7 Å². The van der Waals surface area contributed by atoms with Crippen molar-refractivity contribution in [2.45, 2.75) is 6.54 Å². The molecule has 7 nitrogen and oxygen atoms in total. The van der Waals surface area contributed by atoms with E-state index in [0.717, 1.165) is 50.2 Å². The standard InChI is InChI=1S/C20H22N4O3/c25-16-4-5-17-15(14-16)2-1-3-18(17)20(26)21-19-6-7-24(22-19)9-8-23-10-12-27-13-11-23/h1-7,14,25H,8-13H2,(H,21,22,26). The first-order chi connectivity index (χ1) is 13.2. The van der Waals surface area contributed by atoms with Crippen LogP contribution in [0, 0.1) is 0 Å². The summed E-state index contributed by atoms with van der Waals surface area (Å²) in [7, 11) is 0. The van der Waals surface area contributed by atoms with Gasteiger partial charge in [-0.15, -0.1) is 0 Å². The van der Waals surface area contributed by atoms with Crippen molar-refractivity contribution in [1.29, 1.82) is 0 Å². The third kappa shape index (κ3) is 4.10. The van der Waals surface area contributed by atoms with Crippen LogP contribution >= 0.6 is 0 Å². The van der Waals surface area contributed by atoms with Crippen molar-refractivity contribution in [3.8, 4) is 5.75 Å².